The van der Waals surface area contributed by atoms with Crippen molar-refractivity contribution in [2.24, 2.45) is 0 Å². The van der Waals surface area contributed by atoms with E-state index in [0.717, 1.165) is 27.2 Å². The van der Waals surface area contributed by atoms with Crippen LogP contribution in [-0.4, -0.2) is 19.8 Å². The fourth-order valence-corrected chi connectivity index (χ4v) is 2.64. The molecule has 0 aliphatic heterocycles. The lowest BCUT2D eigenvalue weighted by Crippen LogP contribution is -2.16. The Labute approximate surface area is 126 Å². The van der Waals surface area contributed by atoms with Crippen molar-refractivity contribution in [1.82, 2.24) is 19.8 Å². The predicted octanol–water partition coefficient (Wildman–Crippen LogP) is 2.64. The molecule has 110 valence electrons. The van der Waals surface area contributed by atoms with Gasteiger partial charge in [-0.3, -0.25) is 0 Å². The molecule has 3 aromatic rings. The van der Waals surface area contributed by atoms with Gasteiger partial charge in [-0.05, 0) is 24.3 Å². The number of fused-ring (bicyclic) bond motifs is 1. The zero-order chi connectivity index (χ0) is 15.0. The first-order chi connectivity index (χ1) is 9.93. The molecule has 7 heteroatoms. The highest BCUT2D eigenvalue weighted by molar-refractivity contribution is 7.16. The van der Waals surface area contributed by atoms with Crippen LogP contribution in [0.25, 0.3) is 4.96 Å². The summed E-state index contributed by atoms with van der Waals surface area (Å²) in [6, 6.07) is 7.31. The van der Waals surface area contributed by atoms with Gasteiger partial charge in [0.25, 0.3) is 0 Å². The van der Waals surface area contributed by atoms with Crippen LogP contribution in [-0.2, 0) is 12.0 Å². The highest BCUT2D eigenvalue weighted by atomic mass is 32.1. The number of ether oxygens (including phenoxy) is 1. The maximum atomic E-state index is 5.70. The standard InChI is InChI=1S/C14H17N5OS/c1-14(2,3)12-16-17-13-19(12)18-11(21-13)8-20-10-6-4-9(15)5-7-10/h4-7H,8,15H2,1-3H3. The minimum Gasteiger partial charge on any atom is -0.486 e. The van der Waals surface area contributed by atoms with Crippen LogP contribution in [0.15, 0.2) is 24.3 Å². The van der Waals surface area contributed by atoms with Gasteiger partial charge in [-0.15, -0.1) is 10.2 Å². The second kappa shape index (κ2) is 5.00. The van der Waals surface area contributed by atoms with Crippen LogP contribution in [0, 0.1) is 0 Å². The molecule has 0 atom stereocenters. The lowest BCUT2D eigenvalue weighted by molar-refractivity contribution is 0.303. The SMILES string of the molecule is CC(C)(C)c1nnc2sc(COc3ccc(N)cc3)nn12. The first kappa shape index (κ1) is 13.8. The number of hydrogen-bond acceptors (Lipinski definition) is 6. The lowest BCUT2D eigenvalue weighted by atomic mass is 9.96. The van der Waals surface area contributed by atoms with E-state index >= 15 is 0 Å². The van der Waals surface area contributed by atoms with Crippen molar-refractivity contribution in [2.75, 3.05) is 5.73 Å². The Morgan fingerprint density at radius 3 is 2.57 bits per heavy atom. The van der Waals surface area contributed by atoms with Crippen molar-refractivity contribution in [3.8, 4) is 5.75 Å². The van der Waals surface area contributed by atoms with Gasteiger partial charge < -0.3 is 10.5 Å². The largest absolute Gasteiger partial charge is 0.486 e. The molecule has 3 rings (SSSR count). The average Bonchev–Trinajstić information content (AvgIpc) is 2.96. The molecule has 0 amide bonds. The molecule has 2 aromatic heterocycles. The van der Waals surface area contributed by atoms with Gasteiger partial charge >= 0.3 is 0 Å². The zero-order valence-corrected chi connectivity index (χ0v) is 13.0. The van der Waals surface area contributed by atoms with Gasteiger partial charge in [0.1, 0.15) is 12.4 Å². The summed E-state index contributed by atoms with van der Waals surface area (Å²) in [6.07, 6.45) is 0. The van der Waals surface area contributed by atoms with E-state index in [2.05, 4.69) is 36.1 Å². The monoisotopic (exact) mass is 303 g/mol. The molecule has 0 fully saturated rings. The Morgan fingerprint density at radius 2 is 1.90 bits per heavy atom. The van der Waals surface area contributed by atoms with E-state index < -0.39 is 0 Å². The third-order valence-corrected chi connectivity index (χ3v) is 3.82. The fourth-order valence-electron chi connectivity index (χ4n) is 1.89. The van der Waals surface area contributed by atoms with Crippen LogP contribution in [0.2, 0.25) is 0 Å². The van der Waals surface area contributed by atoms with Crippen LogP contribution >= 0.6 is 11.3 Å². The molecule has 2 heterocycles. The number of anilines is 1. The molecule has 0 unspecified atom stereocenters. The van der Waals surface area contributed by atoms with Crippen LogP contribution in [0.5, 0.6) is 5.75 Å². The van der Waals surface area contributed by atoms with Gasteiger partial charge in [0, 0.05) is 11.1 Å². The van der Waals surface area contributed by atoms with Gasteiger partial charge in [-0.2, -0.15) is 9.61 Å². The van der Waals surface area contributed by atoms with Crippen molar-refractivity contribution < 1.29 is 4.74 Å². The highest BCUT2D eigenvalue weighted by Gasteiger charge is 2.23. The maximum Gasteiger partial charge on any atom is 0.234 e. The summed E-state index contributed by atoms with van der Waals surface area (Å²) in [5.74, 6) is 1.62. The molecule has 1 aromatic carbocycles. The number of nitrogens with zero attached hydrogens (tertiary/aromatic N) is 4. The van der Waals surface area contributed by atoms with Crippen molar-refractivity contribution >= 4 is 22.0 Å². The highest BCUT2D eigenvalue weighted by Crippen LogP contribution is 2.24. The zero-order valence-electron chi connectivity index (χ0n) is 12.2. The number of hydrogen-bond donors (Lipinski definition) is 1. The van der Waals surface area contributed by atoms with Crippen molar-refractivity contribution in [1.29, 1.82) is 0 Å². The van der Waals surface area contributed by atoms with E-state index in [1.54, 1.807) is 4.52 Å². The minimum absolute atomic E-state index is 0.0947. The van der Waals surface area contributed by atoms with Crippen molar-refractivity contribution in [3.05, 3.63) is 35.1 Å². The topological polar surface area (TPSA) is 78.3 Å². The summed E-state index contributed by atoms with van der Waals surface area (Å²) in [6.45, 7) is 6.68. The van der Waals surface area contributed by atoms with Crippen molar-refractivity contribution in [2.45, 2.75) is 32.8 Å². The molecular weight excluding hydrogens is 286 g/mol. The molecular formula is C14H17N5OS. The maximum absolute atomic E-state index is 5.70. The van der Waals surface area contributed by atoms with Gasteiger partial charge in [0.2, 0.25) is 4.96 Å². The second-order valence-corrected chi connectivity index (χ2v) is 6.86. The molecule has 0 bridgehead atoms. The van der Waals surface area contributed by atoms with Gasteiger partial charge in [-0.25, -0.2) is 0 Å². The molecule has 0 aliphatic carbocycles. The number of rotatable bonds is 3. The Hall–Kier alpha value is -2.15. The quantitative estimate of drug-likeness (QED) is 0.753. The summed E-state index contributed by atoms with van der Waals surface area (Å²) in [7, 11) is 0. The van der Waals surface area contributed by atoms with E-state index in [0.29, 0.717) is 6.61 Å². The second-order valence-electron chi connectivity index (χ2n) is 5.82. The van der Waals surface area contributed by atoms with Crippen LogP contribution < -0.4 is 10.5 Å². The molecule has 0 saturated heterocycles. The molecule has 0 spiro atoms. The number of benzene rings is 1. The van der Waals surface area contributed by atoms with Crippen LogP contribution in [0.4, 0.5) is 5.69 Å². The number of nitrogen functional groups attached to an aromatic ring is 1. The molecule has 21 heavy (non-hydrogen) atoms. The molecule has 0 aliphatic rings. The molecule has 0 saturated carbocycles. The summed E-state index contributed by atoms with van der Waals surface area (Å²) < 4.78 is 7.50. The average molecular weight is 303 g/mol. The van der Waals surface area contributed by atoms with Crippen LogP contribution in [0.1, 0.15) is 31.6 Å². The van der Waals surface area contributed by atoms with E-state index in [1.807, 2.05) is 24.3 Å². The van der Waals surface area contributed by atoms with Gasteiger partial charge in [0.15, 0.2) is 10.8 Å². The van der Waals surface area contributed by atoms with Crippen molar-refractivity contribution in [3.63, 3.8) is 0 Å². The fraction of sp³-hybridized carbons (Fsp3) is 0.357. The predicted molar refractivity (Wildman–Crippen MR) is 82.5 cm³/mol. The Morgan fingerprint density at radius 1 is 1.19 bits per heavy atom. The van der Waals surface area contributed by atoms with E-state index in [-0.39, 0.29) is 5.41 Å². The Kier molecular flexibility index (Phi) is 3.29. The first-order valence-electron chi connectivity index (χ1n) is 6.63. The summed E-state index contributed by atoms with van der Waals surface area (Å²) in [5, 5.41) is 13.8. The van der Waals surface area contributed by atoms with E-state index in [9.17, 15) is 0 Å². The van der Waals surface area contributed by atoms with E-state index in [1.165, 1.54) is 11.3 Å². The van der Waals surface area contributed by atoms with Gasteiger partial charge in [-0.1, -0.05) is 32.1 Å². The smallest absolute Gasteiger partial charge is 0.234 e. The normalized spacial score (nSPS) is 12.0. The first-order valence-corrected chi connectivity index (χ1v) is 7.45. The summed E-state index contributed by atoms with van der Waals surface area (Å²) in [4.78, 5) is 0.788. The summed E-state index contributed by atoms with van der Waals surface area (Å²) in [5.41, 5.74) is 6.27. The Bertz CT molecular complexity index is 754. The third kappa shape index (κ3) is 2.82. The molecule has 0 radical (unpaired) electrons. The van der Waals surface area contributed by atoms with Gasteiger partial charge in [0.05, 0.1) is 0 Å². The number of aromatic nitrogens is 4. The summed E-state index contributed by atoms with van der Waals surface area (Å²) >= 11 is 1.49. The third-order valence-electron chi connectivity index (χ3n) is 2.95. The molecule has 2 N–H and O–H groups in total. The Balaban J connectivity index is 1.79. The minimum atomic E-state index is -0.0947. The lowest BCUT2D eigenvalue weighted by Gasteiger charge is -2.13. The molecule has 6 nitrogen and oxygen atoms in total. The van der Waals surface area contributed by atoms with E-state index in [4.69, 9.17) is 10.5 Å². The van der Waals surface area contributed by atoms with Crippen LogP contribution in [0.3, 0.4) is 0 Å². The number of nitrogens with two attached hydrogens (primary N) is 1.